The molecule has 0 saturated carbocycles. The summed E-state index contributed by atoms with van der Waals surface area (Å²) in [6.07, 6.45) is 10.4. The molecule has 0 saturated heterocycles. The van der Waals surface area contributed by atoms with Gasteiger partial charge >= 0.3 is 6.03 Å². The number of nitrogens with zero attached hydrogens (tertiary/aromatic N) is 5. The van der Waals surface area contributed by atoms with E-state index in [1.165, 1.54) is 17.1 Å². The smallest absolute Gasteiger partial charge is 0.319 e. The Hall–Kier alpha value is -4.77. The molecule has 186 valence electrons. The lowest BCUT2D eigenvalue weighted by molar-refractivity contribution is -0.117. The fourth-order valence-corrected chi connectivity index (χ4v) is 4.06. The number of carbonyl (C=O) groups is 2. The maximum absolute atomic E-state index is 12.9. The monoisotopic (exact) mass is 515 g/mol. The Bertz CT molecular complexity index is 1480. The Kier molecular flexibility index (Phi) is 7.04. The van der Waals surface area contributed by atoms with Crippen molar-refractivity contribution < 1.29 is 9.59 Å². The number of halogens is 1. The van der Waals surface area contributed by atoms with Gasteiger partial charge < -0.3 is 20.9 Å². The number of anilines is 1. The number of rotatable bonds is 4. The van der Waals surface area contributed by atoms with Crippen molar-refractivity contribution in [3.8, 4) is 16.9 Å². The lowest BCUT2D eigenvalue weighted by Gasteiger charge is -2.14. The van der Waals surface area contributed by atoms with E-state index in [1.807, 2.05) is 36.4 Å². The van der Waals surface area contributed by atoms with Gasteiger partial charge in [0.15, 0.2) is 0 Å². The zero-order chi connectivity index (χ0) is 25.6. The van der Waals surface area contributed by atoms with Crippen LogP contribution in [0.2, 0.25) is 5.02 Å². The summed E-state index contributed by atoms with van der Waals surface area (Å²) in [7, 11) is 0. The summed E-state index contributed by atoms with van der Waals surface area (Å²) in [5.74, 6) is 0.269. The second-order valence-corrected chi connectivity index (χ2v) is 8.56. The maximum atomic E-state index is 12.9. The Morgan fingerprint density at radius 2 is 2.08 bits per heavy atom. The van der Waals surface area contributed by atoms with Gasteiger partial charge in [-0.2, -0.15) is 4.68 Å². The third-order valence-electron chi connectivity index (χ3n) is 5.63. The van der Waals surface area contributed by atoms with Crippen LogP contribution in [-0.2, 0) is 4.79 Å². The standard InChI is InChI=1S/C25H22ClN9O2/c26-17-9-10-22(35-15-29-33-34-35)16(13-17)8-11-23(36)30-20-7-3-4-12-27-25(37)32-19-6-2-1-5-18(19)21-14-28-24(20)31-21/h1-6,8-11,13-15,20H,7,12H2,(H,28,31)(H,30,36)(H2,27,32,37)/t20-/m0/s1. The predicted octanol–water partition coefficient (Wildman–Crippen LogP) is 3.66. The van der Waals surface area contributed by atoms with E-state index < -0.39 is 6.04 Å². The molecule has 1 aliphatic rings. The number of hydrogen-bond acceptors (Lipinski definition) is 6. The summed E-state index contributed by atoms with van der Waals surface area (Å²) in [4.78, 5) is 33.0. The molecule has 0 spiro atoms. The minimum atomic E-state index is -0.433. The number of benzene rings is 2. The zero-order valence-electron chi connectivity index (χ0n) is 19.4. The number of H-pyrrole nitrogens is 1. The van der Waals surface area contributed by atoms with Gasteiger partial charge in [-0.25, -0.2) is 9.78 Å². The first-order valence-electron chi connectivity index (χ1n) is 11.4. The van der Waals surface area contributed by atoms with Gasteiger partial charge in [0.2, 0.25) is 5.91 Å². The molecule has 3 heterocycles. The van der Waals surface area contributed by atoms with Gasteiger partial charge in [-0.3, -0.25) is 4.79 Å². The number of carbonyl (C=O) groups excluding carboxylic acids is 2. The van der Waals surface area contributed by atoms with Crippen molar-refractivity contribution in [2.75, 3.05) is 11.9 Å². The molecule has 1 aliphatic heterocycles. The normalized spacial score (nSPS) is 15.6. The van der Waals surface area contributed by atoms with E-state index >= 15 is 0 Å². The molecule has 37 heavy (non-hydrogen) atoms. The third-order valence-corrected chi connectivity index (χ3v) is 5.86. The Morgan fingerprint density at radius 3 is 2.95 bits per heavy atom. The number of imidazole rings is 1. The number of tetrazole rings is 1. The summed E-state index contributed by atoms with van der Waals surface area (Å²) in [5.41, 5.74) is 3.49. The largest absolute Gasteiger partial charge is 0.342 e. The number of para-hydroxylation sites is 1. The summed E-state index contributed by atoms with van der Waals surface area (Å²) in [6.45, 7) is 0.339. The minimum absolute atomic E-state index is 0.312. The van der Waals surface area contributed by atoms with Crippen molar-refractivity contribution in [3.63, 3.8) is 0 Å². The third kappa shape index (κ3) is 5.73. The molecule has 0 fully saturated rings. The summed E-state index contributed by atoms with van der Waals surface area (Å²) in [6, 6.07) is 11.9. The quantitative estimate of drug-likeness (QED) is 0.241. The van der Waals surface area contributed by atoms with Gasteiger partial charge in [0.05, 0.1) is 29.3 Å². The highest BCUT2D eigenvalue weighted by molar-refractivity contribution is 6.30. The van der Waals surface area contributed by atoms with Crippen LogP contribution >= 0.6 is 11.6 Å². The van der Waals surface area contributed by atoms with Crippen LogP contribution in [-0.4, -0.2) is 48.7 Å². The summed E-state index contributed by atoms with van der Waals surface area (Å²) < 4.78 is 1.49. The highest BCUT2D eigenvalue weighted by Crippen LogP contribution is 2.28. The summed E-state index contributed by atoms with van der Waals surface area (Å²) in [5, 5.41) is 20.4. The van der Waals surface area contributed by atoms with Crippen LogP contribution in [0.5, 0.6) is 0 Å². The number of aromatic amines is 1. The molecule has 0 aliphatic carbocycles. The van der Waals surface area contributed by atoms with Crippen molar-refractivity contribution >= 4 is 35.3 Å². The molecule has 5 rings (SSSR count). The highest BCUT2D eigenvalue weighted by Gasteiger charge is 2.18. The van der Waals surface area contributed by atoms with Crippen LogP contribution in [0.15, 0.2) is 73.2 Å². The van der Waals surface area contributed by atoms with E-state index in [0.717, 1.165) is 5.56 Å². The number of urea groups is 1. The number of fused-ring (bicyclic) bond motifs is 4. The van der Waals surface area contributed by atoms with Crippen molar-refractivity contribution in [2.45, 2.75) is 12.5 Å². The van der Waals surface area contributed by atoms with Gasteiger partial charge in [0.25, 0.3) is 0 Å². The van der Waals surface area contributed by atoms with E-state index in [4.69, 9.17) is 11.6 Å². The van der Waals surface area contributed by atoms with Gasteiger partial charge in [0.1, 0.15) is 12.2 Å². The average molecular weight is 516 g/mol. The molecule has 0 radical (unpaired) electrons. The van der Waals surface area contributed by atoms with E-state index in [-0.39, 0.29) is 11.9 Å². The Morgan fingerprint density at radius 1 is 1.19 bits per heavy atom. The second-order valence-electron chi connectivity index (χ2n) is 8.12. The molecule has 3 amide bonds. The molecular weight excluding hydrogens is 494 g/mol. The fraction of sp³-hybridized carbons (Fsp3) is 0.120. The van der Waals surface area contributed by atoms with E-state index in [0.29, 0.717) is 46.4 Å². The van der Waals surface area contributed by atoms with Crippen molar-refractivity contribution in [2.24, 2.45) is 0 Å². The number of nitrogens with one attached hydrogen (secondary N) is 4. The van der Waals surface area contributed by atoms with Gasteiger partial charge in [0, 0.05) is 28.8 Å². The lowest BCUT2D eigenvalue weighted by atomic mass is 10.1. The molecule has 11 nitrogen and oxygen atoms in total. The number of amides is 3. The van der Waals surface area contributed by atoms with Crippen molar-refractivity contribution in [1.29, 1.82) is 0 Å². The van der Waals surface area contributed by atoms with Crippen LogP contribution in [0.25, 0.3) is 23.0 Å². The predicted molar refractivity (Wildman–Crippen MR) is 139 cm³/mol. The molecule has 4 aromatic rings. The number of aromatic nitrogens is 6. The molecule has 12 heteroatoms. The zero-order valence-corrected chi connectivity index (χ0v) is 20.2. The molecule has 2 bridgehead atoms. The van der Waals surface area contributed by atoms with Crippen LogP contribution < -0.4 is 16.0 Å². The first-order valence-corrected chi connectivity index (χ1v) is 11.8. The SMILES string of the molecule is O=C(C=Cc1cc(Cl)ccc1-n1cnnn1)N[C@H]1CC=CCNC(=O)Nc2ccccc2-c2cnc1[nH]2. The lowest BCUT2D eigenvalue weighted by Crippen LogP contribution is -2.29. The minimum Gasteiger partial charge on any atom is -0.342 e. The topological polar surface area (TPSA) is 143 Å². The van der Waals surface area contributed by atoms with E-state index in [9.17, 15) is 9.59 Å². The van der Waals surface area contributed by atoms with Gasteiger partial charge in [-0.05, 0) is 47.2 Å². The van der Waals surface area contributed by atoms with Crippen molar-refractivity contribution in [3.05, 3.63) is 89.6 Å². The van der Waals surface area contributed by atoms with Crippen molar-refractivity contribution in [1.82, 2.24) is 40.8 Å². The first-order chi connectivity index (χ1) is 18.1. The molecule has 0 unspecified atom stereocenters. The van der Waals surface area contributed by atoms with Crippen LogP contribution in [0.4, 0.5) is 10.5 Å². The average Bonchev–Trinajstić information content (AvgIpc) is 3.60. The first kappa shape index (κ1) is 23.9. The number of hydrogen-bond donors (Lipinski definition) is 4. The van der Waals surface area contributed by atoms with Crippen LogP contribution in [0.3, 0.4) is 0 Å². The highest BCUT2D eigenvalue weighted by atomic mass is 35.5. The van der Waals surface area contributed by atoms with Gasteiger partial charge in [-0.15, -0.1) is 5.10 Å². The maximum Gasteiger partial charge on any atom is 0.319 e. The van der Waals surface area contributed by atoms with E-state index in [2.05, 4.69) is 41.4 Å². The van der Waals surface area contributed by atoms with E-state index in [1.54, 1.807) is 30.5 Å². The molecule has 4 N–H and O–H groups in total. The van der Waals surface area contributed by atoms with Crippen LogP contribution in [0, 0.1) is 0 Å². The second kappa shape index (κ2) is 10.9. The molecular formula is C25H22ClN9O2. The van der Waals surface area contributed by atoms with Gasteiger partial charge in [-0.1, -0.05) is 42.0 Å². The Balaban J connectivity index is 1.39. The van der Waals surface area contributed by atoms with Crippen LogP contribution in [0.1, 0.15) is 23.9 Å². The molecule has 1 atom stereocenters. The molecule has 2 aromatic carbocycles. The summed E-state index contributed by atoms with van der Waals surface area (Å²) >= 11 is 6.17. The fourth-order valence-electron chi connectivity index (χ4n) is 3.87. The molecule has 2 aromatic heterocycles. The Labute approximate surface area is 216 Å².